The number of hydrogen-bond acceptors (Lipinski definition) is 5. The van der Waals surface area contributed by atoms with Gasteiger partial charge in [-0.25, -0.2) is 8.42 Å². The quantitative estimate of drug-likeness (QED) is 0.727. The SMILES string of the molecule is CCC(N(CC)c1ccc(NS(C)(=O)=O)c(C)c1)S(=O)(=O)O. The molecule has 22 heavy (non-hydrogen) atoms. The molecule has 0 amide bonds. The molecule has 9 heteroatoms. The van der Waals surface area contributed by atoms with E-state index in [4.69, 9.17) is 0 Å². The van der Waals surface area contributed by atoms with Gasteiger partial charge in [0, 0.05) is 12.2 Å². The van der Waals surface area contributed by atoms with Crippen molar-refractivity contribution in [3.63, 3.8) is 0 Å². The van der Waals surface area contributed by atoms with Crippen LogP contribution < -0.4 is 9.62 Å². The van der Waals surface area contributed by atoms with Gasteiger partial charge in [-0.1, -0.05) is 6.92 Å². The second kappa shape index (κ2) is 6.84. The van der Waals surface area contributed by atoms with Crippen LogP contribution in [-0.4, -0.2) is 39.6 Å². The molecule has 0 aliphatic carbocycles. The predicted octanol–water partition coefficient (Wildman–Crippen LogP) is 1.82. The number of nitrogens with one attached hydrogen (secondary N) is 1. The molecule has 0 saturated heterocycles. The summed E-state index contributed by atoms with van der Waals surface area (Å²) >= 11 is 0. The van der Waals surface area contributed by atoms with Crippen LogP contribution in [0.4, 0.5) is 11.4 Å². The summed E-state index contributed by atoms with van der Waals surface area (Å²) < 4.78 is 57.3. The van der Waals surface area contributed by atoms with Crippen LogP contribution in [0.2, 0.25) is 0 Å². The molecular formula is C13H22N2O5S2. The number of benzene rings is 1. The van der Waals surface area contributed by atoms with Gasteiger partial charge >= 0.3 is 0 Å². The molecule has 126 valence electrons. The highest BCUT2D eigenvalue weighted by Gasteiger charge is 2.27. The summed E-state index contributed by atoms with van der Waals surface area (Å²) in [5.74, 6) is 0. The van der Waals surface area contributed by atoms with Crippen LogP contribution in [0, 0.1) is 6.92 Å². The van der Waals surface area contributed by atoms with Gasteiger partial charge < -0.3 is 4.90 Å². The molecule has 0 radical (unpaired) electrons. The molecule has 1 aromatic carbocycles. The van der Waals surface area contributed by atoms with Gasteiger partial charge in [0.25, 0.3) is 10.1 Å². The van der Waals surface area contributed by atoms with Gasteiger partial charge in [0.1, 0.15) is 0 Å². The van der Waals surface area contributed by atoms with Crippen molar-refractivity contribution < 1.29 is 21.4 Å². The van der Waals surface area contributed by atoms with Crippen LogP contribution in [-0.2, 0) is 20.1 Å². The zero-order valence-electron chi connectivity index (χ0n) is 13.1. The largest absolute Gasteiger partial charge is 0.353 e. The molecule has 0 heterocycles. The maximum Gasteiger partial charge on any atom is 0.286 e. The van der Waals surface area contributed by atoms with Crippen LogP contribution in [0.25, 0.3) is 0 Å². The lowest BCUT2D eigenvalue weighted by Gasteiger charge is -2.30. The summed E-state index contributed by atoms with van der Waals surface area (Å²) in [4.78, 5) is 1.56. The second-order valence-electron chi connectivity index (χ2n) is 5.04. The molecule has 0 aliphatic heterocycles. The van der Waals surface area contributed by atoms with E-state index in [9.17, 15) is 21.4 Å². The van der Waals surface area contributed by atoms with Gasteiger partial charge in [-0.05, 0) is 44.0 Å². The Hall–Kier alpha value is -1.32. The van der Waals surface area contributed by atoms with Crippen molar-refractivity contribution in [2.24, 2.45) is 0 Å². The third-order valence-corrected chi connectivity index (χ3v) is 5.08. The van der Waals surface area contributed by atoms with E-state index in [-0.39, 0.29) is 6.42 Å². The van der Waals surface area contributed by atoms with Crippen molar-refractivity contribution in [3.05, 3.63) is 23.8 Å². The molecule has 2 N–H and O–H groups in total. The van der Waals surface area contributed by atoms with E-state index in [2.05, 4.69) is 4.72 Å². The summed E-state index contributed by atoms with van der Waals surface area (Å²) in [6, 6.07) is 4.88. The van der Waals surface area contributed by atoms with Crippen molar-refractivity contribution in [1.29, 1.82) is 0 Å². The first-order valence-electron chi connectivity index (χ1n) is 6.81. The van der Waals surface area contributed by atoms with E-state index in [1.165, 1.54) is 0 Å². The number of nitrogens with zero attached hydrogens (tertiary/aromatic N) is 1. The Kier molecular flexibility index (Phi) is 5.82. The minimum absolute atomic E-state index is 0.231. The molecule has 0 aromatic heterocycles. The first-order valence-corrected chi connectivity index (χ1v) is 10.2. The summed E-state index contributed by atoms with van der Waals surface area (Å²) in [7, 11) is -7.59. The minimum atomic E-state index is -4.21. The first-order chi connectivity index (χ1) is 9.99. The highest BCUT2D eigenvalue weighted by Crippen LogP contribution is 2.26. The third-order valence-electron chi connectivity index (χ3n) is 3.22. The van der Waals surface area contributed by atoms with Gasteiger partial charge in [-0.15, -0.1) is 0 Å². The average Bonchev–Trinajstić information content (AvgIpc) is 2.35. The van der Waals surface area contributed by atoms with Crippen LogP contribution in [0.5, 0.6) is 0 Å². The van der Waals surface area contributed by atoms with Crippen molar-refractivity contribution >= 4 is 31.5 Å². The number of aryl methyl sites for hydroxylation is 1. The standard InChI is InChI=1S/C13H22N2O5S2/c1-5-13(22(18,19)20)15(6-2)11-7-8-12(10(3)9-11)14-21(4,16)17/h7-9,13-14H,5-6H2,1-4H3,(H,18,19,20). The predicted molar refractivity (Wildman–Crippen MR) is 88.3 cm³/mol. The van der Waals surface area contributed by atoms with Crippen LogP contribution in [0.1, 0.15) is 25.8 Å². The zero-order valence-corrected chi connectivity index (χ0v) is 14.7. The number of anilines is 2. The Balaban J connectivity index is 3.23. The lowest BCUT2D eigenvalue weighted by molar-refractivity contribution is 0.460. The normalized spacial score (nSPS) is 13.7. The molecule has 0 saturated carbocycles. The van der Waals surface area contributed by atoms with Crippen LogP contribution in [0.15, 0.2) is 18.2 Å². The molecule has 0 spiro atoms. The highest BCUT2D eigenvalue weighted by molar-refractivity contribution is 7.92. The van der Waals surface area contributed by atoms with Gasteiger partial charge in [-0.3, -0.25) is 9.27 Å². The van der Waals surface area contributed by atoms with Crippen molar-refractivity contribution in [2.45, 2.75) is 32.6 Å². The Morgan fingerprint density at radius 2 is 1.82 bits per heavy atom. The van der Waals surface area contributed by atoms with Crippen LogP contribution in [0.3, 0.4) is 0 Å². The molecule has 1 aromatic rings. The fraction of sp³-hybridized carbons (Fsp3) is 0.538. The lowest BCUT2D eigenvalue weighted by Crippen LogP contribution is -2.40. The monoisotopic (exact) mass is 350 g/mol. The van der Waals surface area contributed by atoms with E-state index in [0.717, 1.165) is 6.26 Å². The second-order valence-corrected chi connectivity index (χ2v) is 8.36. The fourth-order valence-electron chi connectivity index (χ4n) is 2.29. The molecule has 0 aliphatic rings. The molecule has 1 rings (SSSR count). The lowest BCUT2D eigenvalue weighted by atomic mass is 10.1. The zero-order chi connectivity index (χ0) is 17.1. The average molecular weight is 350 g/mol. The molecule has 1 atom stereocenters. The first kappa shape index (κ1) is 18.7. The maximum atomic E-state index is 11.5. The summed E-state index contributed by atoms with van der Waals surface area (Å²) in [5.41, 5.74) is 1.69. The van der Waals surface area contributed by atoms with Gasteiger partial charge in [0.2, 0.25) is 10.0 Å². The fourth-order valence-corrected chi connectivity index (χ4v) is 3.93. The molecule has 0 bridgehead atoms. The highest BCUT2D eigenvalue weighted by atomic mass is 32.2. The number of rotatable bonds is 7. The molecule has 1 unspecified atom stereocenters. The smallest absolute Gasteiger partial charge is 0.286 e. The topological polar surface area (TPSA) is 104 Å². The van der Waals surface area contributed by atoms with Crippen molar-refractivity contribution in [1.82, 2.24) is 0 Å². The van der Waals surface area contributed by atoms with E-state index >= 15 is 0 Å². The van der Waals surface area contributed by atoms with E-state index < -0.39 is 25.5 Å². The molecule has 7 nitrogen and oxygen atoms in total. The number of hydrogen-bond donors (Lipinski definition) is 2. The van der Waals surface area contributed by atoms with Crippen molar-refractivity contribution in [2.75, 3.05) is 22.4 Å². The molecule has 0 fully saturated rings. The van der Waals surface area contributed by atoms with E-state index in [0.29, 0.717) is 23.5 Å². The van der Waals surface area contributed by atoms with Gasteiger partial charge in [0.15, 0.2) is 5.37 Å². The van der Waals surface area contributed by atoms with Crippen molar-refractivity contribution in [3.8, 4) is 0 Å². The Bertz CT molecular complexity index is 729. The Morgan fingerprint density at radius 3 is 2.18 bits per heavy atom. The third kappa shape index (κ3) is 4.85. The maximum absolute atomic E-state index is 11.5. The summed E-state index contributed by atoms with van der Waals surface area (Å²) in [6.45, 7) is 5.56. The number of sulfonamides is 1. The summed E-state index contributed by atoms with van der Waals surface area (Å²) in [6.07, 6.45) is 1.29. The van der Waals surface area contributed by atoms with Gasteiger partial charge in [0.05, 0.1) is 11.9 Å². The summed E-state index contributed by atoms with van der Waals surface area (Å²) in [5, 5.41) is -1.04. The van der Waals surface area contributed by atoms with Crippen LogP contribution >= 0.6 is 0 Å². The van der Waals surface area contributed by atoms with E-state index in [1.54, 1.807) is 43.9 Å². The van der Waals surface area contributed by atoms with Gasteiger partial charge in [-0.2, -0.15) is 8.42 Å². The Labute approximate surface area is 132 Å². The Morgan fingerprint density at radius 1 is 1.23 bits per heavy atom. The van der Waals surface area contributed by atoms with E-state index in [1.807, 2.05) is 0 Å². The minimum Gasteiger partial charge on any atom is -0.353 e. The molecular weight excluding hydrogens is 328 g/mol.